The van der Waals surface area contributed by atoms with Crippen LogP contribution in [0.25, 0.3) is 0 Å². The van der Waals surface area contributed by atoms with Crippen molar-refractivity contribution >= 4 is 21.9 Å². The standard InChI is InChI=1S/C8H6BrF2NO3/c9-7-3(1-6(14)15)5(13)2-4(12-7)8(10)11/h2,8H,1H2,(H,12,13)(H,14,15). The zero-order valence-corrected chi connectivity index (χ0v) is 8.85. The lowest BCUT2D eigenvalue weighted by Gasteiger charge is -2.04. The maximum absolute atomic E-state index is 12.2. The second-order valence-electron chi connectivity index (χ2n) is 2.75. The summed E-state index contributed by atoms with van der Waals surface area (Å²) in [5.41, 5.74) is -1.34. The van der Waals surface area contributed by atoms with Crippen LogP contribution in [0.5, 0.6) is 0 Å². The van der Waals surface area contributed by atoms with Crippen LogP contribution in [0.4, 0.5) is 8.78 Å². The summed E-state index contributed by atoms with van der Waals surface area (Å²) in [4.78, 5) is 23.8. The summed E-state index contributed by atoms with van der Waals surface area (Å²) >= 11 is 2.84. The lowest BCUT2D eigenvalue weighted by Crippen LogP contribution is -2.16. The summed E-state index contributed by atoms with van der Waals surface area (Å²) in [5, 5.41) is 8.47. The molecule has 4 nitrogen and oxygen atoms in total. The van der Waals surface area contributed by atoms with Gasteiger partial charge in [-0.1, -0.05) is 0 Å². The molecule has 0 saturated carbocycles. The largest absolute Gasteiger partial charge is 0.481 e. The van der Waals surface area contributed by atoms with E-state index >= 15 is 0 Å². The third-order valence-electron chi connectivity index (χ3n) is 1.67. The highest BCUT2D eigenvalue weighted by Crippen LogP contribution is 2.19. The van der Waals surface area contributed by atoms with Crippen LogP contribution in [0.2, 0.25) is 0 Å². The minimum atomic E-state index is -2.80. The predicted molar refractivity (Wildman–Crippen MR) is 51.1 cm³/mol. The Bertz CT molecular complexity index is 444. The van der Waals surface area contributed by atoms with Gasteiger partial charge in [0.15, 0.2) is 5.43 Å². The molecule has 0 atom stereocenters. The van der Waals surface area contributed by atoms with Crippen molar-refractivity contribution in [1.82, 2.24) is 4.98 Å². The third-order valence-corrected chi connectivity index (χ3v) is 2.34. The second kappa shape index (κ2) is 4.52. The molecule has 0 radical (unpaired) electrons. The molecule has 0 aliphatic heterocycles. The molecule has 0 fully saturated rings. The molecule has 0 amide bonds. The van der Waals surface area contributed by atoms with Crippen LogP contribution >= 0.6 is 15.9 Å². The van der Waals surface area contributed by atoms with E-state index in [0.717, 1.165) is 0 Å². The van der Waals surface area contributed by atoms with Crippen LogP contribution in [0.1, 0.15) is 17.7 Å². The van der Waals surface area contributed by atoms with Crippen LogP contribution in [-0.4, -0.2) is 16.1 Å². The predicted octanol–water partition coefficient (Wildman–Crippen LogP) is 1.70. The Morgan fingerprint density at radius 2 is 2.20 bits per heavy atom. The summed E-state index contributed by atoms with van der Waals surface area (Å²) in [6, 6.07) is 0.702. The Hall–Kier alpha value is -1.24. The van der Waals surface area contributed by atoms with E-state index in [1.165, 1.54) is 0 Å². The van der Waals surface area contributed by atoms with E-state index in [4.69, 9.17) is 5.11 Å². The zero-order valence-electron chi connectivity index (χ0n) is 7.26. The fraction of sp³-hybridized carbons (Fsp3) is 0.250. The number of carbonyl (C=O) groups is 1. The number of aliphatic carboxylic acids is 1. The van der Waals surface area contributed by atoms with Gasteiger partial charge in [0.1, 0.15) is 0 Å². The fourth-order valence-corrected chi connectivity index (χ4v) is 1.57. The first-order valence-electron chi connectivity index (χ1n) is 3.83. The van der Waals surface area contributed by atoms with E-state index in [1.807, 2.05) is 0 Å². The Morgan fingerprint density at radius 1 is 1.60 bits per heavy atom. The van der Waals surface area contributed by atoms with Crippen LogP contribution < -0.4 is 5.43 Å². The van der Waals surface area contributed by atoms with Crippen molar-refractivity contribution in [2.45, 2.75) is 12.8 Å². The molecule has 0 bridgehead atoms. The minimum Gasteiger partial charge on any atom is -0.481 e. The van der Waals surface area contributed by atoms with Crippen molar-refractivity contribution in [3.8, 4) is 0 Å². The number of aromatic amines is 1. The van der Waals surface area contributed by atoms with E-state index < -0.39 is 29.9 Å². The maximum atomic E-state index is 12.2. The van der Waals surface area contributed by atoms with Gasteiger partial charge in [0.25, 0.3) is 6.43 Å². The SMILES string of the molecule is O=C(O)Cc1c(Br)[nH]c(C(F)F)cc1=O. The molecule has 82 valence electrons. The summed E-state index contributed by atoms with van der Waals surface area (Å²) < 4.78 is 24.4. The highest BCUT2D eigenvalue weighted by Gasteiger charge is 2.15. The summed E-state index contributed by atoms with van der Waals surface area (Å²) in [6.07, 6.45) is -3.31. The first-order valence-corrected chi connectivity index (χ1v) is 4.62. The van der Waals surface area contributed by atoms with Crippen LogP contribution in [0.15, 0.2) is 15.5 Å². The van der Waals surface area contributed by atoms with Gasteiger partial charge in [-0.25, -0.2) is 8.78 Å². The number of aromatic nitrogens is 1. The molecule has 2 N–H and O–H groups in total. The number of halogens is 3. The molecular weight excluding hydrogens is 276 g/mol. The third kappa shape index (κ3) is 2.85. The van der Waals surface area contributed by atoms with Gasteiger partial charge in [0, 0.05) is 11.6 Å². The number of nitrogens with one attached hydrogen (secondary N) is 1. The topological polar surface area (TPSA) is 70.2 Å². The molecule has 1 aromatic rings. The number of alkyl halides is 2. The van der Waals surface area contributed by atoms with Crippen molar-refractivity contribution in [1.29, 1.82) is 0 Å². The quantitative estimate of drug-likeness (QED) is 0.829. The molecule has 15 heavy (non-hydrogen) atoms. The number of carboxylic acid groups (broad SMARTS) is 1. The molecule has 0 aliphatic rings. The summed E-state index contributed by atoms with van der Waals surface area (Å²) in [7, 11) is 0. The van der Waals surface area contributed by atoms with E-state index in [9.17, 15) is 18.4 Å². The van der Waals surface area contributed by atoms with Gasteiger partial charge in [-0.15, -0.1) is 0 Å². The Labute approximate surface area is 91.1 Å². The van der Waals surface area contributed by atoms with Crippen molar-refractivity contribution in [3.63, 3.8) is 0 Å². The van der Waals surface area contributed by atoms with Crippen molar-refractivity contribution in [2.75, 3.05) is 0 Å². The average molecular weight is 282 g/mol. The van der Waals surface area contributed by atoms with Crippen molar-refractivity contribution < 1.29 is 18.7 Å². The highest BCUT2D eigenvalue weighted by atomic mass is 79.9. The highest BCUT2D eigenvalue weighted by molar-refractivity contribution is 9.10. The number of carboxylic acids is 1. The molecule has 0 aliphatic carbocycles. The van der Waals surface area contributed by atoms with E-state index in [1.54, 1.807) is 0 Å². The van der Waals surface area contributed by atoms with Crippen LogP contribution in [0, 0.1) is 0 Å². The van der Waals surface area contributed by atoms with E-state index in [0.29, 0.717) is 6.07 Å². The van der Waals surface area contributed by atoms with Crippen molar-refractivity contribution in [3.05, 3.63) is 32.2 Å². The molecule has 7 heteroatoms. The number of pyridine rings is 1. The lowest BCUT2D eigenvalue weighted by molar-refractivity contribution is -0.136. The second-order valence-corrected chi connectivity index (χ2v) is 3.55. The molecule has 0 spiro atoms. The monoisotopic (exact) mass is 281 g/mol. The normalized spacial score (nSPS) is 10.7. The minimum absolute atomic E-state index is 0.0206. The molecule has 0 saturated heterocycles. The van der Waals surface area contributed by atoms with Crippen LogP contribution in [0.3, 0.4) is 0 Å². The first-order chi connectivity index (χ1) is 6.91. The van der Waals surface area contributed by atoms with Crippen LogP contribution in [-0.2, 0) is 11.2 Å². The van der Waals surface area contributed by atoms with E-state index in [2.05, 4.69) is 20.9 Å². The molecule has 1 rings (SSSR count). The summed E-state index contributed by atoms with van der Waals surface area (Å²) in [5.74, 6) is -1.20. The van der Waals surface area contributed by atoms with Gasteiger partial charge in [-0.05, 0) is 15.9 Å². The van der Waals surface area contributed by atoms with E-state index in [-0.39, 0.29) is 10.2 Å². The fourth-order valence-electron chi connectivity index (χ4n) is 1.01. The smallest absolute Gasteiger partial charge is 0.308 e. The summed E-state index contributed by atoms with van der Waals surface area (Å²) in [6.45, 7) is 0. The van der Waals surface area contributed by atoms with Gasteiger partial charge in [0.2, 0.25) is 0 Å². The van der Waals surface area contributed by atoms with Gasteiger partial charge < -0.3 is 10.1 Å². The molecule has 0 aromatic carbocycles. The zero-order chi connectivity index (χ0) is 11.6. The maximum Gasteiger partial charge on any atom is 0.308 e. The number of hydrogen-bond donors (Lipinski definition) is 2. The molecular formula is C8H6BrF2NO3. The Kier molecular flexibility index (Phi) is 3.57. The molecule has 1 heterocycles. The van der Waals surface area contributed by atoms with Gasteiger partial charge >= 0.3 is 5.97 Å². The van der Waals surface area contributed by atoms with Gasteiger partial charge in [-0.3, -0.25) is 9.59 Å². The molecule has 0 unspecified atom stereocenters. The van der Waals surface area contributed by atoms with Crippen molar-refractivity contribution in [2.24, 2.45) is 0 Å². The average Bonchev–Trinajstić information content (AvgIpc) is 2.10. The Balaban J connectivity index is 3.21. The van der Waals surface area contributed by atoms with Gasteiger partial charge in [0.05, 0.1) is 16.7 Å². The van der Waals surface area contributed by atoms with Gasteiger partial charge in [-0.2, -0.15) is 0 Å². The number of H-pyrrole nitrogens is 1. The first kappa shape index (κ1) is 11.8. The number of rotatable bonds is 3. The lowest BCUT2D eigenvalue weighted by atomic mass is 10.2. The number of hydrogen-bond acceptors (Lipinski definition) is 2. The Morgan fingerprint density at radius 3 is 2.60 bits per heavy atom. The molecule has 1 aromatic heterocycles.